The SMILES string of the molecule is N#Cc1ccc(NC(=O)Nc2ccccc2Cl)cc1. The Balaban J connectivity index is 2.01. The van der Waals surface area contributed by atoms with E-state index in [1.807, 2.05) is 6.07 Å². The maximum atomic E-state index is 11.7. The Bertz CT molecular complexity index is 632. The van der Waals surface area contributed by atoms with E-state index in [4.69, 9.17) is 16.9 Å². The number of carbonyl (C=O) groups excluding carboxylic acids is 1. The molecule has 0 aliphatic rings. The highest BCUT2D eigenvalue weighted by Gasteiger charge is 2.05. The van der Waals surface area contributed by atoms with E-state index >= 15 is 0 Å². The summed E-state index contributed by atoms with van der Waals surface area (Å²) in [6, 6.07) is 15.2. The standard InChI is InChI=1S/C14H10ClN3O/c15-12-3-1-2-4-13(12)18-14(19)17-11-7-5-10(9-16)6-8-11/h1-8H,(H2,17,18,19). The Labute approximate surface area is 115 Å². The minimum Gasteiger partial charge on any atom is -0.308 e. The number of nitrogens with zero attached hydrogens (tertiary/aromatic N) is 1. The molecule has 0 unspecified atom stereocenters. The molecular weight excluding hydrogens is 262 g/mol. The molecule has 0 saturated heterocycles. The molecule has 0 radical (unpaired) electrons. The van der Waals surface area contributed by atoms with Gasteiger partial charge >= 0.3 is 6.03 Å². The molecule has 0 heterocycles. The van der Waals surface area contributed by atoms with Crippen LogP contribution in [0.25, 0.3) is 0 Å². The summed E-state index contributed by atoms with van der Waals surface area (Å²) in [6.07, 6.45) is 0. The van der Waals surface area contributed by atoms with Crippen molar-refractivity contribution < 1.29 is 4.79 Å². The lowest BCUT2D eigenvalue weighted by atomic mass is 10.2. The van der Waals surface area contributed by atoms with Crippen LogP contribution in [0.2, 0.25) is 5.02 Å². The predicted octanol–water partition coefficient (Wildman–Crippen LogP) is 3.86. The second-order valence-corrected chi connectivity index (χ2v) is 4.16. The number of benzene rings is 2. The number of carbonyl (C=O) groups is 1. The van der Waals surface area contributed by atoms with Gasteiger partial charge < -0.3 is 10.6 Å². The molecule has 2 aromatic carbocycles. The molecule has 94 valence electrons. The smallest absolute Gasteiger partial charge is 0.308 e. The van der Waals surface area contributed by atoms with E-state index in [2.05, 4.69) is 10.6 Å². The minimum atomic E-state index is -0.391. The molecule has 2 aromatic rings. The van der Waals surface area contributed by atoms with Crippen molar-refractivity contribution in [3.8, 4) is 6.07 Å². The second kappa shape index (κ2) is 5.89. The van der Waals surface area contributed by atoms with Crippen LogP contribution in [-0.4, -0.2) is 6.03 Å². The van der Waals surface area contributed by atoms with Gasteiger partial charge in [-0.2, -0.15) is 5.26 Å². The first-order valence-corrected chi connectivity index (χ1v) is 5.89. The normalized spacial score (nSPS) is 9.47. The Hall–Kier alpha value is -2.51. The molecule has 0 aliphatic heterocycles. The van der Waals surface area contributed by atoms with Gasteiger partial charge in [0.1, 0.15) is 0 Å². The lowest BCUT2D eigenvalue weighted by Crippen LogP contribution is -2.19. The number of hydrogen-bond donors (Lipinski definition) is 2. The Morgan fingerprint density at radius 3 is 2.37 bits per heavy atom. The van der Waals surface area contributed by atoms with Crippen LogP contribution in [0.5, 0.6) is 0 Å². The zero-order chi connectivity index (χ0) is 13.7. The fourth-order valence-corrected chi connectivity index (χ4v) is 1.66. The summed E-state index contributed by atoms with van der Waals surface area (Å²) in [5.74, 6) is 0. The predicted molar refractivity (Wildman–Crippen MR) is 75.3 cm³/mol. The van der Waals surface area contributed by atoms with Gasteiger partial charge in [0.25, 0.3) is 0 Å². The van der Waals surface area contributed by atoms with Gasteiger partial charge in [0.2, 0.25) is 0 Å². The van der Waals surface area contributed by atoms with E-state index in [9.17, 15) is 4.79 Å². The summed E-state index contributed by atoms with van der Waals surface area (Å²) in [6.45, 7) is 0. The lowest BCUT2D eigenvalue weighted by molar-refractivity contribution is 0.262. The van der Waals surface area contributed by atoms with Gasteiger partial charge in [0, 0.05) is 5.69 Å². The molecule has 0 spiro atoms. The molecule has 2 N–H and O–H groups in total. The third-order valence-electron chi connectivity index (χ3n) is 2.39. The van der Waals surface area contributed by atoms with Crippen molar-refractivity contribution >= 4 is 29.0 Å². The summed E-state index contributed by atoms with van der Waals surface area (Å²) in [5.41, 5.74) is 1.68. The van der Waals surface area contributed by atoms with Crippen LogP contribution in [0.3, 0.4) is 0 Å². The molecule has 0 fully saturated rings. The summed E-state index contributed by atoms with van der Waals surface area (Å²) in [7, 11) is 0. The van der Waals surface area contributed by atoms with Crippen LogP contribution in [-0.2, 0) is 0 Å². The largest absolute Gasteiger partial charge is 0.323 e. The van der Waals surface area contributed by atoms with Crippen molar-refractivity contribution in [3.05, 3.63) is 59.1 Å². The third kappa shape index (κ3) is 3.47. The average Bonchev–Trinajstić information content (AvgIpc) is 2.42. The first-order valence-electron chi connectivity index (χ1n) is 5.52. The van der Waals surface area contributed by atoms with Gasteiger partial charge in [0.15, 0.2) is 0 Å². The molecule has 0 aliphatic carbocycles. The molecule has 2 rings (SSSR count). The number of nitrogens with one attached hydrogen (secondary N) is 2. The van der Waals surface area contributed by atoms with E-state index < -0.39 is 6.03 Å². The van der Waals surface area contributed by atoms with E-state index in [1.165, 1.54) is 0 Å². The van der Waals surface area contributed by atoms with Crippen molar-refractivity contribution in [1.82, 2.24) is 0 Å². The number of amides is 2. The summed E-state index contributed by atoms with van der Waals surface area (Å²) in [5, 5.41) is 14.4. The van der Waals surface area contributed by atoms with Crippen molar-refractivity contribution in [3.63, 3.8) is 0 Å². The van der Waals surface area contributed by atoms with E-state index in [0.29, 0.717) is 22.0 Å². The number of halogens is 1. The average molecular weight is 272 g/mol. The van der Waals surface area contributed by atoms with Gasteiger partial charge in [-0.15, -0.1) is 0 Å². The monoisotopic (exact) mass is 271 g/mol. The van der Waals surface area contributed by atoms with Crippen molar-refractivity contribution in [2.75, 3.05) is 10.6 Å². The molecule has 4 nitrogen and oxygen atoms in total. The quantitative estimate of drug-likeness (QED) is 0.871. The number of rotatable bonds is 2. The molecule has 19 heavy (non-hydrogen) atoms. The highest BCUT2D eigenvalue weighted by molar-refractivity contribution is 6.33. The van der Waals surface area contributed by atoms with Gasteiger partial charge in [-0.1, -0.05) is 23.7 Å². The maximum absolute atomic E-state index is 11.7. The molecule has 5 heteroatoms. The van der Waals surface area contributed by atoms with Crippen LogP contribution in [0.4, 0.5) is 16.2 Å². The van der Waals surface area contributed by atoms with Gasteiger partial charge in [-0.25, -0.2) is 4.79 Å². The Morgan fingerprint density at radius 2 is 1.74 bits per heavy atom. The summed E-state index contributed by atoms with van der Waals surface area (Å²) < 4.78 is 0. The van der Waals surface area contributed by atoms with E-state index in [1.54, 1.807) is 48.5 Å². The summed E-state index contributed by atoms with van der Waals surface area (Å²) >= 11 is 5.93. The number of nitriles is 1. The second-order valence-electron chi connectivity index (χ2n) is 3.75. The van der Waals surface area contributed by atoms with Crippen molar-refractivity contribution in [2.24, 2.45) is 0 Å². The van der Waals surface area contributed by atoms with Crippen LogP contribution >= 0.6 is 11.6 Å². The maximum Gasteiger partial charge on any atom is 0.323 e. The van der Waals surface area contributed by atoms with Crippen LogP contribution < -0.4 is 10.6 Å². The fourth-order valence-electron chi connectivity index (χ4n) is 1.48. The topological polar surface area (TPSA) is 64.9 Å². The molecule has 0 saturated carbocycles. The number of para-hydroxylation sites is 1. The minimum absolute atomic E-state index is 0.391. The van der Waals surface area contributed by atoms with Gasteiger partial charge in [0.05, 0.1) is 22.3 Å². The Kier molecular flexibility index (Phi) is 4.01. The van der Waals surface area contributed by atoms with Gasteiger partial charge in [-0.05, 0) is 36.4 Å². The number of hydrogen-bond acceptors (Lipinski definition) is 2. The Morgan fingerprint density at radius 1 is 1.05 bits per heavy atom. The van der Waals surface area contributed by atoms with E-state index in [0.717, 1.165) is 0 Å². The zero-order valence-corrected chi connectivity index (χ0v) is 10.6. The first-order chi connectivity index (χ1) is 9.19. The van der Waals surface area contributed by atoms with Crippen molar-refractivity contribution in [1.29, 1.82) is 5.26 Å². The van der Waals surface area contributed by atoms with Crippen LogP contribution in [0.1, 0.15) is 5.56 Å². The van der Waals surface area contributed by atoms with Gasteiger partial charge in [-0.3, -0.25) is 0 Å². The van der Waals surface area contributed by atoms with E-state index in [-0.39, 0.29) is 0 Å². The molecule has 0 atom stereocenters. The van der Waals surface area contributed by atoms with Crippen LogP contribution in [0.15, 0.2) is 48.5 Å². The van der Waals surface area contributed by atoms with Crippen LogP contribution in [0, 0.1) is 11.3 Å². The molecule has 2 amide bonds. The first kappa shape index (κ1) is 12.9. The number of anilines is 2. The lowest BCUT2D eigenvalue weighted by Gasteiger charge is -2.08. The molecule has 0 aromatic heterocycles. The number of urea groups is 1. The summed E-state index contributed by atoms with van der Waals surface area (Å²) in [4.78, 5) is 11.7. The van der Waals surface area contributed by atoms with Crippen molar-refractivity contribution in [2.45, 2.75) is 0 Å². The highest BCUT2D eigenvalue weighted by Crippen LogP contribution is 2.20. The highest BCUT2D eigenvalue weighted by atomic mass is 35.5. The zero-order valence-electron chi connectivity index (χ0n) is 9.85. The molecule has 0 bridgehead atoms. The molecular formula is C14H10ClN3O. The third-order valence-corrected chi connectivity index (χ3v) is 2.72. The fraction of sp³-hybridized carbons (Fsp3) is 0.